The fourth-order valence-electron chi connectivity index (χ4n) is 2.24. The van der Waals surface area contributed by atoms with Crippen LogP contribution in [0.3, 0.4) is 0 Å². The summed E-state index contributed by atoms with van der Waals surface area (Å²) >= 11 is 0. The molecular formula is C16H13NO4S. The molecule has 0 amide bonds. The first-order valence-corrected chi connectivity index (χ1v) is 7.94. The second-order valence-electron chi connectivity index (χ2n) is 4.84. The monoisotopic (exact) mass is 315 g/mol. The highest BCUT2D eigenvalue weighted by Crippen LogP contribution is 2.31. The fraction of sp³-hybridized carbons (Fsp3) is 0. The normalized spacial score (nSPS) is 11.5. The molecule has 0 unspecified atom stereocenters. The molecule has 0 saturated carbocycles. The maximum Gasteiger partial charge on any atom is 0.294 e. The van der Waals surface area contributed by atoms with E-state index in [0.29, 0.717) is 10.8 Å². The number of fused-ring (bicyclic) bond motifs is 1. The molecule has 0 aliphatic carbocycles. The summed E-state index contributed by atoms with van der Waals surface area (Å²) in [4.78, 5) is -0.339. The van der Waals surface area contributed by atoms with E-state index in [1.54, 1.807) is 18.2 Å². The number of benzene rings is 3. The van der Waals surface area contributed by atoms with Gasteiger partial charge >= 0.3 is 0 Å². The minimum atomic E-state index is -4.37. The lowest BCUT2D eigenvalue weighted by atomic mass is 10.1. The van der Waals surface area contributed by atoms with E-state index in [2.05, 4.69) is 5.32 Å². The number of phenolic OH excluding ortho intramolecular Hbond substituents is 1. The Morgan fingerprint density at radius 3 is 2.27 bits per heavy atom. The van der Waals surface area contributed by atoms with Crippen LogP contribution in [0.5, 0.6) is 5.75 Å². The summed E-state index contributed by atoms with van der Waals surface area (Å²) in [6, 6.07) is 17.0. The maximum absolute atomic E-state index is 11.2. The summed E-state index contributed by atoms with van der Waals surface area (Å²) in [6.07, 6.45) is 0. The average Bonchev–Trinajstić information content (AvgIpc) is 2.47. The van der Waals surface area contributed by atoms with Gasteiger partial charge in [0.25, 0.3) is 10.1 Å². The van der Waals surface area contributed by atoms with Crippen LogP contribution in [-0.4, -0.2) is 18.1 Å². The fourth-order valence-corrected chi connectivity index (χ4v) is 2.77. The van der Waals surface area contributed by atoms with Crippen molar-refractivity contribution in [3.63, 3.8) is 0 Å². The van der Waals surface area contributed by atoms with Crippen LogP contribution in [0.1, 0.15) is 0 Å². The molecule has 0 saturated heterocycles. The molecule has 0 aliphatic rings. The minimum Gasteiger partial charge on any atom is -0.507 e. The van der Waals surface area contributed by atoms with E-state index in [4.69, 9.17) is 4.55 Å². The molecule has 0 aromatic heterocycles. The van der Waals surface area contributed by atoms with Gasteiger partial charge in [0.2, 0.25) is 0 Å². The second kappa shape index (κ2) is 5.32. The highest BCUT2D eigenvalue weighted by atomic mass is 32.2. The van der Waals surface area contributed by atoms with Gasteiger partial charge in [0.05, 0.1) is 4.90 Å². The van der Waals surface area contributed by atoms with Crippen molar-refractivity contribution in [2.45, 2.75) is 4.90 Å². The Kier molecular flexibility index (Phi) is 3.48. The number of phenols is 1. The molecule has 112 valence electrons. The van der Waals surface area contributed by atoms with Crippen molar-refractivity contribution in [3.05, 3.63) is 60.7 Å². The summed E-state index contributed by atoms with van der Waals surface area (Å²) < 4.78 is 31.6. The van der Waals surface area contributed by atoms with Crippen molar-refractivity contribution in [1.29, 1.82) is 0 Å². The second-order valence-corrected chi connectivity index (χ2v) is 6.27. The molecule has 0 heterocycles. The van der Waals surface area contributed by atoms with Crippen LogP contribution in [0.4, 0.5) is 11.4 Å². The molecule has 0 radical (unpaired) electrons. The molecule has 5 nitrogen and oxygen atoms in total. The van der Waals surface area contributed by atoms with Gasteiger partial charge in [-0.2, -0.15) is 8.42 Å². The number of hydrogen-bond acceptors (Lipinski definition) is 4. The van der Waals surface area contributed by atoms with E-state index in [-0.39, 0.29) is 10.6 Å². The van der Waals surface area contributed by atoms with Gasteiger partial charge in [0, 0.05) is 22.8 Å². The van der Waals surface area contributed by atoms with E-state index in [0.717, 1.165) is 17.4 Å². The predicted octanol–water partition coefficient (Wildman–Crippen LogP) is 3.54. The maximum atomic E-state index is 11.2. The van der Waals surface area contributed by atoms with Gasteiger partial charge in [-0.3, -0.25) is 4.55 Å². The molecule has 0 atom stereocenters. The number of rotatable bonds is 3. The Bertz CT molecular complexity index is 937. The smallest absolute Gasteiger partial charge is 0.294 e. The van der Waals surface area contributed by atoms with E-state index < -0.39 is 10.1 Å². The zero-order chi connectivity index (χ0) is 15.7. The minimum absolute atomic E-state index is 0.198. The first-order chi connectivity index (χ1) is 10.4. The predicted molar refractivity (Wildman–Crippen MR) is 85.2 cm³/mol. The van der Waals surface area contributed by atoms with Crippen LogP contribution in [0.25, 0.3) is 10.8 Å². The van der Waals surface area contributed by atoms with E-state index >= 15 is 0 Å². The number of para-hydroxylation sites is 1. The van der Waals surface area contributed by atoms with Crippen LogP contribution in [0, 0.1) is 0 Å². The van der Waals surface area contributed by atoms with Gasteiger partial charge in [0.1, 0.15) is 5.75 Å². The van der Waals surface area contributed by atoms with Gasteiger partial charge in [-0.25, -0.2) is 0 Å². The standard InChI is InChI=1S/C16H13NO4S/c18-16-10-14(22(19,20)21)9-11-8-13(6-7-15(11)16)17-12-4-2-1-3-5-12/h1-10,17-18H,(H,19,20,21). The Morgan fingerprint density at radius 1 is 0.864 bits per heavy atom. The van der Waals surface area contributed by atoms with Crippen molar-refractivity contribution in [2.24, 2.45) is 0 Å². The third-order valence-corrected chi connectivity index (χ3v) is 4.10. The highest BCUT2D eigenvalue weighted by Gasteiger charge is 2.13. The summed E-state index contributed by atoms with van der Waals surface area (Å²) in [7, 11) is -4.37. The summed E-state index contributed by atoms with van der Waals surface area (Å²) in [5, 5.41) is 14.1. The zero-order valence-corrected chi connectivity index (χ0v) is 12.2. The van der Waals surface area contributed by atoms with Gasteiger partial charge in [-0.05, 0) is 41.8 Å². The van der Waals surface area contributed by atoms with Gasteiger partial charge in [-0.15, -0.1) is 0 Å². The van der Waals surface area contributed by atoms with Crippen molar-refractivity contribution >= 4 is 32.3 Å². The molecule has 22 heavy (non-hydrogen) atoms. The molecule has 6 heteroatoms. The Hall–Kier alpha value is -2.57. The molecule has 3 rings (SSSR count). The lowest BCUT2D eigenvalue weighted by molar-refractivity contribution is 0.471. The largest absolute Gasteiger partial charge is 0.507 e. The number of nitrogens with one attached hydrogen (secondary N) is 1. The molecule has 0 spiro atoms. The zero-order valence-electron chi connectivity index (χ0n) is 11.4. The van der Waals surface area contributed by atoms with Gasteiger partial charge < -0.3 is 10.4 Å². The molecule has 3 aromatic carbocycles. The SMILES string of the molecule is O=S(=O)(O)c1cc(O)c2ccc(Nc3ccccc3)cc2c1. The van der Waals surface area contributed by atoms with Crippen LogP contribution in [0.2, 0.25) is 0 Å². The summed E-state index contributed by atoms with van der Waals surface area (Å²) in [5.41, 5.74) is 1.63. The van der Waals surface area contributed by atoms with Gasteiger partial charge in [0.15, 0.2) is 0 Å². The molecule has 0 aliphatic heterocycles. The van der Waals surface area contributed by atoms with Crippen molar-refractivity contribution in [1.82, 2.24) is 0 Å². The first kappa shape index (κ1) is 14.4. The number of aromatic hydroxyl groups is 1. The third-order valence-electron chi connectivity index (χ3n) is 3.26. The third kappa shape index (κ3) is 2.88. The molecule has 0 fully saturated rings. The molecular weight excluding hydrogens is 302 g/mol. The lowest BCUT2D eigenvalue weighted by Gasteiger charge is -2.09. The summed E-state index contributed by atoms with van der Waals surface area (Å²) in [5.74, 6) is -0.198. The topological polar surface area (TPSA) is 86.6 Å². The van der Waals surface area contributed by atoms with E-state index in [9.17, 15) is 13.5 Å². The van der Waals surface area contributed by atoms with Crippen LogP contribution in [0.15, 0.2) is 65.6 Å². The van der Waals surface area contributed by atoms with Crippen LogP contribution < -0.4 is 5.32 Å². The van der Waals surface area contributed by atoms with Gasteiger partial charge in [-0.1, -0.05) is 18.2 Å². The van der Waals surface area contributed by atoms with E-state index in [1.165, 1.54) is 6.07 Å². The number of hydrogen-bond donors (Lipinski definition) is 3. The molecule has 3 N–H and O–H groups in total. The van der Waals surface area contributed by atoms with Crippen molar-refractivity contribution < 1.29 is 18.1 Å². The molecule has 3 aromatic rings. The highest BCUT2D eigenvalue weighted by molar-refractivity contribution is 7.85. The van der Waals surface area contributed by atoms with Crippen LogP contribution >= 0.6 is 0 Å². The molecule has 0 bridgehead atoms. The Labute approximate surface area is 127 Å². The van der Waals surface area contributed by atoms with E-state index in [1.807, 2.05) is 30.3 Å². The lowest BCUT2D eigenvalue weighted by Crippen LogP contribution is -1.98. The average molecular weight is 315 g/mol. The summed E-state index contributed by atoms with van der Waals surface area (Å²) in [6.45, 7) is 0. The first-order valence-electron chi connectivity index (χ1n) is 6.50. The van der Waals surface area contributed by atoms with Crippen LogP contribution in [-0.2, 0) is 10.1 Å². The Morgan fingerprint density at radius 2 is 1.59 bits per heavy atom. The quantitative estimate of drug-likeness (QED) is 0.644. The van der Waals surface area contributed by atoms with Crippen molar-refractivity contribution in [3.8, 4) is 5.75 Å². The Balaban J connectivity index is 2.08. The van der Waals surface area contributed by atoms with Crippen molar-refractivity contribution in [2.75, 3.05) is 5.32 Å². The number of anilines is 2.